The number of aryl methyl sites for hydroxylation is 1. The number of hydrogen-bond donors (Lipinski definition) is 0. The maximum absolute atomic E-state index is 7.05. The summed E-state index contributed by atoms with van der Waals surface area (Å²) in [5.41, 5.74) is 4.01. The van der Waals surface area contributed by atoms with E-state index >= 15 is 0 Å². The minimum atomic E-state index is 0.166. The fourth-order valence-electron chi connectivity index (χ4n) is 2.42. The van der Waals surface area contributed by atoms with Crippen LogP contribution in [0.15, 0.2) is 36.4 Å². The summed E-state index contributed by atoms with van der Waals surface area (Å²) in [7, 11) is 0. The van der Waals surface area contributed by atoms with E-state index in [4.69, 9.17) is 16.0 Å². The van der Waals surface area contributed by atoms with E-state index in [0.717, 1.165) is 17.1 Å². The van der Waals surface area contributed by atoms with Crippen LogP contribution < -0.4 is 10.2 Å². The predicted octanol–water partition coefficient (Wildman–Crippen LogP) is 3.70. The van der Waals surface area contributed by atoms with Crippen molar-refractivity contribution in [3.8, 4) is 11.5 Å². The summed E-state index contributed by atoms with van der Waals surface area (Å²) in [6, 6.07) is 11.5. The summed E-state index contributed by atoms with van der Waals surface area (Å²) in [6.45, 7) is 11.8. The van der Waals surface area contributed by atoms with Gasteiger partial charge in [-0.2, -0.15) is 0 Å². The summed E-state index contributed by atoms with van der Waals surface area (Å²) < 4.78 is 11.4. The monoisotopic (exact) mass is 263 g/mol. The highest BCUT2D eigenvalue weighted by Gasteiger charge is 2.23. The number of ether oxygens (including phenoxy) is 1. The maximum atomic E-state index is 7.05. The molecule has 20 heavy (non-hydrogen) atoms. The Hall–Kier alpha value is -2.25. The second-order valence-electron chi connectivity index (χ2n) is 4.98. The molecular formula is C16H14BNO2. The van der Waals surface area contributed by atoms with Crippen LogP contribution in [0.25, 0.3) is 4.85 Å². The van der Waals surface area contributed by atoms with Gasteiger partial charge < -0.3 is 9.39 Å². The predicted molar refractivity (Wildman–Crippen MR) is 80.0 cm³/mol. The Balaban J connectivity index is 1.85. The first-order valence-corrected chi connectivity index (χ1v) is 6.58. The fraction of sp³-hybridized carbons (Fsp3) is 0.188. The molecule has 2 aromatic rings. The second kappa shape index (κ2) is 5.03. The van der Waals surface area contributed by atoms with E-state index in [1.165, 1.54) is 11.0 Å². The molecule has 0 saturated carbocycles. The molecular weight excluding hydrogens is 249 g/mol. The molecule has 1 aliphatic rings. The van der Waals surface area contributed by atoms with Gasteiger partial charge in [-0.15, -0.1) is 0 Å². The number of hydrogen-bond acceptors (Lipinski definition) is 2. The van der Waals surface area contributed by atoms with Gasteiger partial charge in [-0.05, 0) is 47.8 Å². The van der Waals surface area contributed by atoms with Crippen molar-refractivity contribution in [2.45, 2.75) is 20.4 Å². The van der Waals surface area contributed by atoms with Gasteiger partial charge >= 0.3 is 6.92 Å². The molecule has 0 aromatic heterocycles. The van der Waals surface area contributed by atoms with Crippen LogP contribution >= 0.6 is 0 Å². The molecule has 0 saturated heterocycles. The standard InChI is InChI=1S/C16H14BNO2/c1-11-8-13(5-7-16(11)18-3)20-14-4-6-15-12(9-14)10-19-17(15)2/h4-9H,10H2,1-2H3. The van der Waals surface area contributed by atoms with Gasteiger partial charge in [-0.1, -0.05) is 19.0 Å². The average Bonchev–Trinajstić information content (AvgIpc) is 2.80. The van der Waals surface area contributed by atoms with Gasteiger partial charge in [0, 0.05) is 0 Å². The third-order valence-corrected chi connectivity index (χ3v) is 3.57. The maximum Gasteiger partial charge on any atom is 0.324 e. The summed E-state index contributed by atoms with van der Waals surface area (Å²) in [4.78, 5) is 3.45. The van der Waals surface area contributed by atoms with E-state index in [1.54, 1.807) is 6.07 Å². The van der Waals surface area contributed by atoms with E-state index in [9.17, 15) is 0 Å². The van der Waals surface area contributed by atoms with Crippen LogP contribution in [0.5, 0.6) is 11.5 Å². The third kappa shape index (κ3) is 2.28. The Morgan fingerprint density at radius 1 is 1.20 bits per heavy atom. The Labute approximate surface area is 119 Å². The smallest absolute Gasteiger partial charge is 0.324 e. The molecule has 0 bridgehead atoms. The summed E-state index contributed by atoms with van der Waals surface area (Å²) in [6.07, 6.45) is 0. The van der Waals surface area contributed by atoms with Gasteiger partial charge in [-0.25, -0.2) is 4.85 Å². The molecule has 3 rings (SSSR count). The SMILES string of the molecule is [C-]#[N+]c1ccc(Oc2ccc3c(c2)COB3C)cc1C. The van der Waals surface area contributed by atoms with E-state index in [1.807, 2.05) is 31.2 Å². The van der Waals surface area contributed by atoms with Gasteiger partial charge in [0.25, 0.3) is 0 Å². The molecule has 4 heteroatoms. The van der Waals surface area contributed by atoms with Crippen molar-refractivity contribution in [2.24, 2.45) is 0 Å². The number of benzene rings is 2. The van der Waals surface area contributed by atoms with E-state index in [2.05, 4.69) is 17.7 Å². The van der Waals surface area contributed by atoms with Gasteiger partial charge in [-0.3, -0.25) is 0 Å². The molecule has 3 nitrogen and oxygen atoms in total. The lowest BCUT2D eigenvalue weighted by Gasteiger charge is -2.09. The lowest BCUT2D eigenvalue weighted by molar-refractivity contribution is 0.333. The van der Waals surface area contributed by atoms with Crippen molar-refractivity contribution in [2.75, 3.05) is 0 Å². The largest absolute Gasteiger partial charge is 0.457 e. The van der Waals surface area contributed by atoms with E-state index < -0.39 is 0 Å². The minimum absolute atomic E-state index is 0.166. The van der Waals surface area contributed by atoms with Gasteiger partial charge in [0.2, 0.25) is 0 Å². The van der Waals surface area contributed by atoms with Crippen LogP contribution in [-0.2, 0) is 11.3 Å². The van der Waals surface area contributed by atoms with Gasteiger partial charge in [0.05, 0.1) is 13.2 Å². The van der Waals surface area contributed by atoms with Crippen molar-refractivity contribution >= 4 is 18.1 Å². The molecule has 0 unspecified atom stereocenters. The lowest BCUT2D eigenvalue weighted by atomic mass is 9.64. The molecule has 1 heterocycles. The second-order valence-corrected chi connectivity index (χ2v) is 4.98. The highest BCUT2D eigenvalue weighted by atomic mass is 16.5. The van der Waals surface area contributed by atoms with Gasteiger partial charge in [0.15, 0.2) is 5.69 Å². The Morgan fingerprint density at radius 2 is 1.95 bits per heavy atom. The van der Waals surface area contributed by atoms with Crippen molar-refractivity contribution in [1.82, 2.24) is 0 Å². The van der Waals surface area contributed by atoms with Crippen LogP contribution in [0.4, 0.5) is 5.69 Å². The van der Waals surface area contributed by atoms with Crippen LogP contribution in [0.1, 0.15) is 11.1 Å². The molecule has 0 radical (unpaired) electrons. The normalized spacial score (nSPS) is 12.9. The van der Waals surface area contributed by atoms with E-state index in [-0.39, 0.29) is 6.92 Å². The van der Waals surface area contributed by atoms with E-state index in [0.29, 0.717) is 12.3 Å². The Kier molecular flexibility index (Phi) is 3.21. The summed E-state index contributed by atoms with van der Waals surface area (Å²) in [5, 5.41) is 0. The molecule has 0 fully saturated rings. The van der Waals surface area contributed by atoms with Crippen LogP contribution in [0, 0.1) is 13.5 Å². The van der Waals surface area contributed by atoms with Crippen molar-refractivity contribution in [3.05, 3.63) is 58.9 Å². The van der Waals surface area contributed by atoms with Crippen LogP contribution in [-0.4, -0.2) is 6.92 Å². The van der Waals surface area contributed by atoms with Crippen molar-refractivity contribution in [1.29, 1.82) is 0 Å². The third-order valence-electron chi connectivity index (χ3n) is 3.57. The topological polar surface area (TPSA) is 22.8 Å². The molecule has 0 aliphatic carbocycles. The summed E-state index contributed by atoms with van der Waals surface area (Å²) >= 11 is 0. The number of rotatable bonds is 2. The Morgan fingerprint density at radius 3 is 2.70 bits per heavy atom. The van der Waals surface area contributed by atoms with Crippen LogP contribution in [0.2, 0.25) is 6.82 Å². The van der Waals surface area contributed by atoms with Crippen molar-refractivity contribution in [3.63, 3.8) is 0 Å². The molecule has 2 aromatic carbocycles. The molecule has 1 aliphatic heterocycles. The van der Waals surface area contributed by atoms with Crippen LogP contribution in [0.3, 0.4) is 0 Å². The number of fused-ring (bicyclic) bond motifs is 1. The summed E-state index contributed by atoms with van der Waals surface area (Å²) in [5.74, 6) is 1.55. The highest BCUT2D eigenvalue weighted by molar-refractivity contribution is 6.67. The van der Waals surface area contributed by atoms with Gasteiger partial charge in [0.1, 0.15) is 11.5 Å². The first-order chi connectivity index (χ1) is 9.67. The molecule has 0 N–H and O–H groups in total. The molecule has 0 atom stereocenters. The number of nitrogens with zero attached hydrogens (tertiary/aromatic N) is 1. The zero-order valence-corrected chi connectivity index (χ0v) is 11.5. The molecule has 0 amide bonds. The zero-order chi connectivity index (χ0) is 14.1. The quantitative estimate of drug-likeness (QED) is 0.609. The minimum Gasteiger partial charge on any atom is -0.457 e. The molecule has 0 spiro atoms. The first-order valence-electron chi connectivity index (χ1n) is 6.58. The average molecular weight is 263 g/mol. The highest BCUT2D eigenvalue weighted by Crippen LogP contribution is 2.28. The lowest BCUT2D eigenvalue weighted by Crippen LogP contribution is -2.23. The molecule has 98 valence electrons. The van der Waals surface area contributed by atoms with Crippen molar-refractivity contribution < 1.29 is 9.39 Å². The first kappa shape index (κ1) is 12.8. The Bertz CT molecular complexity index is 706. The fourth-order valence-corrected chi connectivity index (χ4v) is 2.42. The zero-order valence-electron chi connectivity index (χ0n) is 11.5.